The first-order valence-electron chi connectivity index (χ1n) is 7.96. The Morgan fingerprint density at radius 3 is 2.36 bits per heavy atom. The summed E-state index contributed by atoms with van der Waals surface area (Å²) < 4.78 is 39.6. The van der Waals surface area contributed by atoms with Gasteiger partial charge < -0.3 is 10.6 Å². The molecule has 150 valence electrons. The number of thioether (sulfide) groups is 1. The maximum atomic E-state index is 13.5. The van der Waals surface area contributed by atoms with Crippen LogP contribution in [0, 0.1) is 17.5 Å². The van der Waals surface area contributed by atoms with Gasteiger partial charge in [-0.3, -0.25) is 9.59 Å². The predicted octanol–water partition coefficient (Wildman–Crippen LogP) is 4.79. The SMILES string of the molecule is CC(SCc1c(Cl)cccc1Cl)C(=O)NCC(=O)Nc1ccc(F)c(F)c1F. The van der Waals surface area contributed by atoms with Gasteiger partial charge in [-0.25, -0.2) is 13.2 Å². The molecule has 2 aromatic rings. The lowest BCUT2D eigenvalue weighted by molar-refractivity contribution is -0.123. The fourth-order valence-electron chi connectivity index (χ4n) is 2.08. The van der Waals surface area contributed by atoms with Gasteiger partial charge in [0.05, 0.1) is 17.5 Å². The molecule has 0 radical (unpaired) electrons. The smallest absolute Gasteiger partial charge is 0.243 e. The summed E-state index contributed by atoms with van der Waals surface area (Å²) in [5.74, 6) is -5.41. The summed E-state index contributed by atoms with van der Waals surface area (Å²) in [4.78, 5) is 23.9. The van der Waals surface area contributed by atoms with Crippen LogP contribution in [0.2, 0.25) is 10.0 Å². The Balaban J connectivity index is 1.84. The Morgan fingerprint density at radius 1 is 1.07 bits per heavy atom. The minimum Gasteiger partial charge on any atom is -0.346 e. The fourth-order valence-corrected chi connectivity index (χ4v) is 3.73. The Morgan fingerprint density at radius 2 is 1.71 bits per heavy atom. The van der Waals surface area contributed by atoms with Gasteiger partial charge >= 0.3 is 0 Å². The number of carbonyl (C=O) groups excluding carboxylic acids is 2. The highest BCUT2D eigenvalue weighted by Gasteiger charge is 2.18. The van der Waals surface area contributed by atoms with Crippen molar-refractivity contribution in [3.05, 3.63) is 63.4 Å². The molecular weight excluding hydrogens is 436 g/mol. The molecule has 2 aromatic carbocycles. The molecule has 2 rings (SSSR count). The highest BCUT2D eigenvalue weighted by molar-refractivity contribution is 7.99. The summed E-state index contributed by atoms with van der Waals surface area (Å²) in [7, 11) is 0. The van der Waals surface area contributed by atoms with Gasteiger partial charge in [-0.1, -0.05) is 29.3 Å². The van der Waals surface area contributed by atoms with Gasteiger partial charge in [0.2, 0.25) is 11.8 Å². The van der Waals surface area contributed by atoms with Gasteiger partial charge in [0.15, 0.2) is 17.5 Å². The van der Waals surface area contributed by atoms with Crippen LogP contribution < -0.4 is 10.6 Å². The Bertz CT molecular complexity index is 879. The molecule has 0 spiro atoms. The van der Waals surface area contributed by atoms with Crippen LogP contribution in [-0.4, -0.2) is 23.6 Å². The molecule has 0 saturated heterocycles. The Labute approximate surface area is 173 Å². The summed E-state index contributed by atoms with van der Waals surface area (Å²) in [5.41, 5.74) is 0.177. The van der Waals surface area contributed by atoms with Crippen LogP contribution in [0.5, 0.6) is 0 Å². The van der Waals surface area contributed by atoms with Crippen LogP contribution >= 0.6 is 35.0 Å². The maximum absolute atomic E-state index is 13.5. The normalized spacial score (nSPS) is 11.8. The number of hydrogen-bond donors (Lipinski definition) is 2. The molecule has 0 aliphatic carbocycles. The first-order valence-corrected chi connectivity index (χ1v) is 9.76. The van der Waals surface area contributed by atoms with Gasteiger partial charge in [-0.15, -0.1) is 11.8 Å². The lowest BCUT2D eigenvalue weighted by atomic mass is 10.2. The van der Waals surface area contributed by atoms with E-state index in [0.717, 1.165) is 6.07 Å². The summed E-state index contributed by atoms with van der Waals surface area (Å²) >= 11 is 13.4. The second-order valence-corrected chi connectivity index (χ2v) is 7.79. The second kappa shape index (κ2) is 10.0. The number of amides is 2. The molecule has 0 aromatic heterocycles. The van der Waals surface area contributed by atoms with E-state index in [4.69, 9.17) is 23.2 Å². The zero-order chi connectivity index (χ0) is 20.8. The van der Waals surface area contributed by atoms with Crippen molar-refractivity contribution >= 4 is 52.5 Å². The number of halogens is 5. The van der Waals surface area contributed by atoms with E-state index in [-0.39, 0.29) is 0 Å². The molecule has 10 heteroatoms. The monoisotopic (exact) mass is 450 g/mol. The lowest BCUT2D eigenvalue weighted by Crippen LogP contribution is -2.37. The molecule has 0 fully saturated rings. The third-order valence-corrected chi connectivity index (χ3v) is 5.52. The van der Waals surface area contributed by atoms with E-state index >= 15 is 0 Å². The van der Waals surface area contributed by atoms with Crippen LogP contribution in [0.1, 0.15) is 12.5 Å². The molecule has 0 saturated carbocycles. The lowest BCUT2D eigenvalue weighted by Gasteiger charge is -2.13. The predicted molar refractivity (Wildman–Crippen MR) is 105 cm³/mol. The van der Waals surface area contributed by atoms with Crippen molar-refractivity contribution in [1.29, 1.82) is 0 Å². The number of rotatable bonds is 7. The first-order chi connectivity index (χ1) is 13.2. The number of anilines is 1. The van der Waals surface area contributed by atoms with Crippen molar-refractivity contribution in [2.45, 2.75) is 17.9 Å². The van der Waals surface area contributed by atoms with Gasteiger partial charge in [0.1, 0.15) is 0 Å². The molecule has 28 heavy (non-hydrogen) atoms. The van der Waals surface area contributed by atoms with Crippen molar-refractivity contribution in [2.75, 3.05) is 11.9 Å². The highest BCUT2D eigenvalue weighted by Crippen LogP contribution is 2.29. The minimum atomic E-state index is -1.69. The van der Waals surface area contributed by atoms with E-state index in [9.17, 15) is 22.8 Å². The zero-order valence-corrected chi connectivity index (χ0v) is 16.8. The standard InChI is InChI=1S/C18H15Cl2F3N2O2S/c1-9(28-8-10-11(19)3-2-4-12(10)20)18(27)24-7-15(26)25-14-6-5-13(21)16(22)17(14)23/h2-6,9H,7-8H2,1H3,(H,24,27)(H,25,26). The van der Waals surface area contributed by atoms with Crippen LogP contribution in [0.4, 0.5) is 18.9 Å². The summed E-state index contributed by atoms with van der Waals surface area (Å²) in [6.45, 7) is 1.17. The molecule has 0 aliphatic rings. The number of nitrogens with one attached hydrogen (secondary N) is 2. The van der Waals surface area contributed by atoms with E-state index in [1.807, 2.05) is 0 Å². The van der Waals surface area contributed by atoms with Crippen molar-refractivity contribution < 1.29 is 22.8 Å². The summed E-state index contributed by atoms with van der Waals surface area (Å²) in [6.07, 6.45) is 0. The largest absolute Gasteiger partial charge is 0.346 e. The first kappa shape index (κ1) is 22.4. The third-order valence-electron chi connectivity index (χ3n) is 3.64. The average Bonchev–Trinajstić information content (AvgIpc) is 2.66. The molecule has 0 bridgehead atoms. The Kier molecular flexibility index (Phi) is 8.03. The van der Waals surface area contributed by atoms with Crippen LogP contribution in [0.25, 0.3) is 0 Å². The number of carbonyl (C=O) groups is 2. The zero-order valence-electron chi connectivity index (χ0n) is 14.5. The van der Waals surface area contributed by atoms with Crippen molar-refractivity contribution in [3.63, 3.8) is 0 Å². The molecule has 2 amide bonds. The molecule has 4 nitrogen and oxygen atoms in total. The molecule has 2 N–H and O–H groups in total. The Hall–Kier alpha value is -1.90. The number of hydrogen-bond acceptors (Lipinski definition) is 3. The van der Waals surface area contributed by atoms with Crippen molar-refractivity contribution in [3.8, 4) is 0 Å². The van der Waals surface area contributed by atoms with E-state index < -0.39 is 46.7 Å². The van der Waals surface area contributed by atoms with Crippen LogP contribution in [-0.2, 0) is 15.3 Å². The quantitative estimate of drug-likeness (QED) is 0.596. The highest BCUT2D eigenvalue weighted by atomic mass is 35.5. The molecule has 1 unspecified atom stereocenters. The summed E-state index contributed by atoms with van der Waals surface area (Å²) in [6, 6.07) is 6.67. The van der Waals surface area contributed by atoms with E-state index in [1.54, 1.807) is 25.1 Å². The summed E-state index contributed by atoms with van der Waals surface area (Å²) in [5, 5.41) is 4.90. The van der Waals surface area contributed by atoms with E-state index in [2.05, 4.69) is 10.6 Å². The van der Waals surface area contributed by atoms with E-state index in [0.29, 0.717) is 27.4 Å². The topological polar surface area (TPSA) is 58.2 Å². The van der Waals surface area contributed by atoms with Crippen molar-refractivity contribution in [2.24, 2.45) is 0 Å². The third kappa shape index (κ3) is 5.80. The van der Waals surface area contributed by atoms with Crippen molar-refractivity contribution in [1.82, 2.24) is 5.32 Å². The van der Waals surface area contributed by atoms with Gasteiger partial charge in [-0.2, -0.15) is 0 Å². The molecule has 0 aliphatic heterocycles. The molecule has 0 heterocycles. The minimum absolute atomic E-state index is 0.388. The van der Waals surface area contributed by atoms with E-state index in [1.165, 1.54) is 11.8 Å². The van der Waals surface area contributed by atoms with Gasteiger partial charge in [0, 0.05) is 15.8 Å². The fraction of sp³-hybridized carbons (Fsp3) is 0.222. The molecular formula is C18H15Cl2F3N2O2S. The van der Waals surface area contributed by atoms with Crippen LogP contribution in [0.3, 0.4) is 0 Å². The molecule has 1 atom stereocenters. The number of benzene rings is 2. The van der Waals surface area contributed by atoms with Crippen LogP contribution in [0.15, 0.2) is 30.3 Å². The average molecular weight is 451 g/mol. The van der Waals surface area contributed by atoms with Gasteiger partial charge in [0.25, 0.3) is 0 Å². The second-order valence-electron chi connectivity index (χ2n) is 5.64. The van der Waals surface area contributed by atoms with Gasteiger partial charge in [-0.05, 0) is 36.8 Å². The maximum Gasteiger partial charge on any atom is 0.243 e.